The quantitative estimate of drug-likeness (QED) is 0.354. The van der Waals surface area contributed by atoms with E-state index in [0.29, 0.717) is 0 Å². The second kappa shape index (κ2) is 3.95. The molecule has 2 heterocycles. The highest BCUT2D eigenvalue weighted by atomic mass is 16.7. The SMILES string of the molecule is OC[C@H]1OC(c2ncccn2)C(O)(O)C1(O)O. The van der Waals surface area contributed by atoms with Gasteiger partial charge in [0.1, 0.15) is 6.10 Å². The summed E-state index contributed by atoms with van der Waals surface area (Å²) in [7, 11) is 0. The zero-order valence-corrected chi connectivity index (χ0v) is 8.63. The number of rotatable bonds is 2. The smallest absolute Gasteiger partial charge is 0.256 e. The van der Waals surface area contributed by atoms with Crippen LogP contribution in [0.5, 0.6) is 0 Å². The molecule has 1 saturated heterocycles. The molecule has 17 heavy (non-hydrogen) atoms. The third-order valence-electron chi connectivity index (χ3n) is 2.64. The van der Waals surface area contributed by atoms with E-state index >= 15 is 0 Å². The maximum absolute atomic E-state index is 9.68. The Bertz CT molecular complexity index is 396. The lowest BCUT2D eigenvalue weighted by Crippen LogP contribution is -2.58. The maximum Gasteiger partial charge on any atom is 0.256 e. The lowest BCUT2D eigenvalue weighted by atomic mass is 9.99. The van der Waals surface area contributed by atoms with Crippen molar-refractivity contribution in [3.8, 4) is 0 Å². The van der Waals surface area contributed by atoms with Crippen molar-refractivity contribution < 1.29 is 30.3 Å². The molecule has 1 aromatic rings. The fraction of sp³-hybridized carbons (Fsp3) is 0.556. The van der Waals surface area contributed by atoms with E-state index in [0.717, 1.165) is 0 Å². The van der Waals surface area contributed by atoms with Crippen LogP contribution in [0, 0.1) is 0 Å². The highest BCUT2D eigenvalue weighted by Crippen LogP contribution is 2.43. The predicted molar refractivity (Wildman–Crippen MR) is 51.1 cm³/mol. The summed E-state index contributed by atoms with van der Waals surface area (Å²) in [5.41, 5.74) is 0. The highest BCUT2D eigenvalue weighted by molar-refractivity contribution is 5.09. The maximum atomic E-state index is 9.68. The second-order valence-electron chi connectivity index (χ2n) is 3.75. The number of hydrogen-bond acceptors (Lipinski definition) is 8. The molecule has 94 valence electrons. The fourth-order valence-corrected chi connectivity index (χ4v) is 1.64. The Labute approximate surface area is 95.8 Å². The first-order chi connectivity index (χ1) is 7.91. The number of aliphatic hydroxyl groups excluding tert-OH is 1. The van der Waals surface area contributed by atoms with E-state index in [9.17, 15) is 20.4 Å². The van der Waals surface area contributed by atoms with Crippen LogP contribution in [0.3, 0.4) is 0 Å². The van der Waals surface area contributed by atoms with Crippen molar-refractivity contribution in [3.63, 3.8) is 0 Å². The van der Waals surface area contributed by atoms with Gasteiger partial charge in [-0.25, -0.2) is 9.97 Å². The van der Waals surface area contributed by atoms with E-state index in [1.54, 1.807) is 0 Å². The van der Waals surface area contributed by atoms with Gasteiger partial charge in [0, 0.05) is 12.4 Å². The number of nitrogens with zero attached hydrogens (tertiary/aromatic N) is 2. The number of aliphatic hydroxyl groups is 5. The molecule has 0 aliphatic carbocycles. The van der Waals surface area contributed by atoms with Crippen molar-refractivity contribution in [1.82, 2.24) is 9.97 Å². The summed E-state index contributed by atoms with van der Waals surface area (Å²) in [6.07, 6.45) is -0.447. The first-order valence-electron chi connectivity index (χ1n) is 4.84. The summed E-state index contributed by atoms with van der Waals surface area (Å²) in [6, 6.07) is 1.50. The topological polar surface area (TPSA) is 136 Å². The van der Waals surface area contributed by atoms with E-state index in [1.807, 2.05) is 0 Å². The summed E-state index contributed by atoms with van der Waals surface area (Å²) in [4.78, 5) is 7.46. The van der Waals surface area contributed by atoms with Crippen LogP contribution < -0.4 is 0 Å². The van der Waals surface area contributed by atoms with Gasteiger partial charge in [-0.3, -0.25) is 0 Å². The van der Waals surface area contributed by atoms with Crippen molar-refractivity contribution in [1.29, 1.82) is 0 Å². The second-order valence-corrected chi connectivity index (χ2v) is 3.75. The lowest BCUT2D eigenvalue weighted by Gasteiger charge is -2.30. The predicted octanol–water partition coefficient (Wildman–Crippen LogP) is -2.73. The van der Waals surface area contributed by atoms with Gasteiger partial charge in [-0.2, -0.15) is 0 Å². The summed E-state index contributed by atoms with van der Waals surface area (Å²) >= 11 is 0. The number of aromatic nitrogens is 2. The molecule has 5 N–H and O–H groups in total. The van der Waals surface area contributed by atoms with E-state index < -0.39 is 30.4 Å². The zero-order chi connectivity index (χ0) is 12.7. The normalized spacial score (nSPS) is 30.4. The molecule has 8 nitrogen and oxygen atoms in total. The van der Waals surface area contributed by atoms with E-state index in [1.165, 1.54) is 18.5 Å². The van der Waals surface area contributed by atoms with Gasteiger partial charge in [0.05, 0.1) is 6.61 Å². The summed E-state index contributed by atoms with van der Waals surface area (Å²) in [5.74, 6) is -6.14. The van der Waals surface area contributed by atoms with Crippen LogP contribution in [0.1, 0.15) is 11.9 Å². The average molecular weight is 244 g/mol. The first kappa shape index (κ1) is 12.3. The number of hydrogen-bond donors (Lipinski definition) is 5. The van der Waals surface area contributed by atoms with Gasteiger partial charge < -0.3 is 30.3 Å². The zero-order valence-electron chi connectivity index (χ0n) is 8.63. The van der Waals surface area contributed by atoms with Crippen LogP contribution in [0.25, 0.3) is 0 Å². The van der Waals surface area contributed by atoms with Gasteiger partial charge >= 0.3 is 0 Å². The third-order valence-corrected chi connectivity index (χ3v) is 2.64. The molecular formula is C9H12N2O6. The molecule has 1 aliphatic rings. The van der Waals surface area contributed by atoms with Gasteiger partial charge in [-0.05, 0) is 6.07 Å². The fourth-order valence-electron chi connectivity index (χ4n) is 1.64. The van der Waals surface area contributed by atoms with E-state index in [2.05, 4.69) is 9.97 Å². The van der Waals surface area contributed by atoms with Gasteiger partial charge in [0.2, 0.25) is 0 Å². The molecule has 0 radical (unpaired) electrons. The van der Waals surface area contributed by atoms with Crippen molar-refractivity contribution in [2.45, 2.75) is 23.8 Å². The molecule has 2 atom stereocenters. The van der Waals surface area contributed by atoms with E-state index in [4.69, 9.17) is 9.84 Å². The van der Waals surface area contributed by atoms with Crippen molar-refractivity contribution in [3.05, 3.63) is 24.3 Å². The largest absolute Gasteiger partial charge is 0.393 e. The molecule has 1 fully saturated rings. The minimum absolute atomic E-state index is 0.124. The van der Waals surface area contributed by atoms with Crippen molar-refractivity contribution in [2.24, 2.45) is 0 Å². The Morgan fingerprint density at radius 2 is 1.71 bits per heavy atom. The average Bonchev–Trinajstić information content (AvgIpc) is 2.47. The first-order valence-corrected chi connectivity index (χ1v) is 4.84. The third kappa shape index (κ3) is 1.71. The Morgan fingerprint density at radius 3 is 2.18 bits per heavy atom. The van der Waals surface area contributed by atoms with Crippen LogP contribution in [0.4, 0.5) is 0 Å². The Balaban J connectivity index is 2.38. The van der Waals surface area contributed by atoms with Crippen LogP contribution in [-0.4, -0.2) is 59.8 Å². The monoisotopic (exact) mass is 244 g/mol. The Hall–Kier alpha value is -1.16. The minimum Gasteiger partial charge on any atom is -0.393 e. The van der Waals surface area contributed by atoms with Crippen molar-refractivity contribution >= 4 is 0 Å². The Kier molecular flexibility index (Phi) is 2.86. The van der Waals surface area contributed by atoms with E-state index in [-0.39, 0.29) is 5.82 Å². The van der Waals surface area contributed by atoms with Crippen LogP contribution in [0.2, 0.25) is 0 Å². The minimum atomic E-state index is -3.01. The van der Waals surface area contributed by atoms with Crippen LogP contribution in [-0.2, 0) is 4.74 Å². The van der Waals surface area contributed by atoms with Crippen LogP contribution in [0.15, 0.2) is 18.5 Å². The standard InChI is InChI=1S/C9H12N2O6/c12-4-5-8(13,14)9(15,16)6(17-5)7-10-2-1-3-11-7/h1-3,5-6,12-16H,4H2/t5-,6?/m1/s1. The summed E-state index contributed by atoms with van der Waals surface area (Å²) in [5, 5.41) is 47.3. The van der Waals surface area contributed by atoms with Gasteiger partial charge in [-0.1, -0.05) is 0 Å². The molecule has 1 aliphatic heterocycles. The molecule has 0 aromatic carbocycles. The molecule has 0 saturated carbocycles. The molecule has 1 unspecified atom stereocenters. The molecule has 1 aromatic heterocycles. The van der Waals surface area contributed by atoms with Gasteiger partial charge in [0.15, 0.2) is 11.9 Å². The highest BCUT2D eigenvalue weighted by Gasteiger charge is 2.66. The van der Waals surface area contributed by atoms with Gasteiger partial charge in [0.25, 0.3) is 11.6 Å². The molecule has 0 amide bonds. The molecule has 0 bridgehead atoms. The summed E-state index contributed by atoms with van der Waals surface area (Å²) in [6.45, 7) is -0.792. The lowest BCUT2D eigenvalue weighted by molar-refractivity contribution is -0.350. The molecule has 2 rings (SSSR count). The van der Waals surface area contributed by atoms with Crippen LogP contribution >= 0.6 is 0 Å². The summed E-state index contributed by atoms with van der Waals surface area (Å²) < 4.78 is 4.95. The molecular weight excluding hydrogens is 232 g/mol. The Morgan fingerprint density at radius 1 is 1.12 bits per heavy atom. The molecule has 0 spiro atoms. The van der Waals surface area contributed by atoms with Crippen molar-refractivity contribution in [2.75, 3.05) is 6.61 Å². The van der Waals surface area contributed by atoms with Gasteiger partial charge in [-0.15, -0.1) is 0 Å². The molecule has 8 heteroatoms. The number of ether oxygens (including phenoxy) is 1.